The van der Waals surface area contributed by atoms with Crippen molar-refractivity contribution in [1.29, 1.82) is 0 Å². The summed E-state index contributed by atoms with van der Waals surface area (Å²) < 4.78 is 5.08. The first-order valence-electron chi connectivity index (χ1n) is 6.44. The Hall–Kier alpha value is -1.63. The van der Waals surface area contributed by atoms with Crippen LogP contribution in [0.1, 0.15) is 26.7 Å². The first kappa shape index (κ1) is 13.8. The number of nitrogens with zero attached hydrogens (tertiary/aromatic N) is 3. The van der Waals surface area contributed by atoms with Crippen molar-refractivity contribution in [3.05, 3.63) is 0 Å². The highest BCUT2D eigenvalue weighted by atomic mass is 16.6. The summed E-state index contributed by atoms with van der Waals surface area (Å²) >= 11 is 0. The molecule has 2 heterocycles. The van der Waals surface area contributed by atoms with Crippen molar-refractivity contribution < 1.29 is 14.6 Å². The third-order valence-electron chi connectivity index (χ3n) is 3.38. The zero-order valence-corrected chi connectivity index (χ0v) is 11.2. The molecule has 1 saturated heterocycles. The van der Waals surface area contributed by atoms with Gasteiger partial charge in [0.05, 0.1) is 24.0 Å². The summed E-state index contributed by atoms with van der Waals surface area (Å²) in [5.41, 5.74) is 5.64. The highest BCUT2D eigenvalue weighted by molar-refractivity contribution is 5.95. The molecule has 2 rings (SSSR count). The fraction of sp³-hybridized carbons (Fsp3) is 0.750. The Bertz CT molecular complexity index is 417. The molecule has 3 unspecified atom stereocenters. The number of hydrogen-bond donors (Lipinski definition) is 2. The first-order valence-corrected chi connectivity index (χ1v) is 6.44. The molecule has 7 nitrogen and oxygen atoms in total. The van der Waals surface area contributed by atoms with E-state index in [9.17, 15) is 9.90 Å². The third-order valence-corrected chi connectivity index (χ3v) is 3.38. The maximum atomic E-state index is 11.8. The fourth-order valence-corrected chi connectivity index (χ4v) is 2.50. The van der Waals surface area contributed by atoms with Gasteiger partial charge in [0, 0.05) is 6.54 Å². The predicted molar refractivity (Wildman–Crippen MR) is 71.3 cm³/mol. The zero-order chi connectivity index (χ0) is 14.0. The van der Waals surface area contributed by atoms with Crippen LogP contribution in [0.5, 0.6) is 0 Å². The molecule has 0 spiro atoms. The molecule has 3 atom stereocenters. The van der Waals surface area contributed by atoms with Crippen LogP contribution in [0.25, 0.3) is 0 Å². The highest BCUT2D eigenvalue weighted by Gasteiger charge is 2.41. The molecule has 19 heavy (non-hydrogen) atoms. The van der Waals surface area contributed by atoms with Crippen LogP contribution in [0.3, 0.4) is 0 Å². The number of amides is 1. The molecule has 2 aliphatic rings. The molecule has 1 fully saturated rings. The van der Waals surface area contributed by atoms with Gasteiger partial charge in [0.2, 0.25) is 0 Å². The monoisotopic (exact) mass is 268 g/mol. The quantitative estimate of drug-likeness (QED) is 0.521. The molecule has 0 aliphatic carbocycles. The molecule has 0 radical (unpaired) electrons. The maximum absolute atomic E-state index is 11.8. The van der Waals surface area contributed by atoms with Gasteiger partial charge in [-0.25, -0.2) is 4.79 Å². The van der Waals surface area contributed by atoms with Crippen molar-refractivity contribution in [3.63, 3.8) is 0 Å². The van der Waals surface area contributed by atoms with Gasteiger partial charge < -0.3 is 15.6 Å². The average Bonchev–Trinajstić information content (AvgIpc) is 2.70. The molecule has 0 aromatic carbocycles. The summed E-state index contributed by atoms with van der Waals surface area (Å²) in [6.07, 6.45) is 0.107. The standard InChI is InChI=1S/C12H20N4O3/c1-7(13)15-10-5-9(17)3-4-14-8(2)16-11(10)6-19-12(16)18/h9-11,17H,3-6H2,1-2H3,(H2,13,15). The molecular formula is C12H20N4O3. The Labute approximate surface area is 112 Å². The van der Waals surface area contributed by atoms with Crippen LogP contribution in [0, 0.1) is 0 Å². The number of rotatable bonds is 1. The molecule has 2 aliphatic heterocycles. The summed E-state index contributed by atoms with van der Waals surface area (Å²) in [5, 5.41) is 9.97. The third kappa shape index (κ3) is 3.04. The zero-order valence-electron chi connectivity index (χ0n) is 11.2. The van der Waals surface area contributed by atoms with Gasteiger partial charge >= 0.3 is 6.09 Å². The number of nitrogens with two attached hydrogens (primary N) is 1. The Morgan fingerprint density at radius 1 is 1.63 bits per heavy atom. The highest BCUT2D eigenvalue weighted by Crippen LogP contribution is 2.23. The number of aliphatic imine (C=N–C) groups is 2. The second kappa shape index (κ2) is 5.56. The van der Waals surface area contributed by atoms with Crippen LogP contribution < -0.4 is 5.73 Å². The molecule has 0 aromatic heterocycles. The van der Waals surface area contributed by atoms with Crippen LogP contribution in [0.4, 0.5) is 4.79 Å². The van der Waals surface area contributed by atoms with E-state index in [0.717, 1.165) is 0 Å². The molecule has 0 saturated carbocycles. The van der Waals surface area contributed by atoms with E-state index in [1.165, 1.54) is 4.90 Å². The van der Waals surface area contributed by atoms with E-state index in [-0.39, 0.29) is 18.7 Å². The van der Waals surface area contributed by atoms with E-state index in [1.807, 2.05) is 0 Å². The number of amidine groups is 2. The minimum absolute atomic E-state index is 0.248. The van der Waals surface area contributed by atoms with E-state index in [1.54, 1.807) is 13.8 Å². The summed E-state index contributed by atoms with van der Waals surface area (Å²) in [6.45, 7) is 4.21. The van der Waals surface area contributed by atoms with Gasteiger partial charge in [-0.1, -0.05) is 0 Å². The lowest BCUT2D eigenvalue weighted by atomic mass is 10.0. The largest absolute Gasteiger partial charge is 0.447 e. The summed E-state index contributed by atoms with van der Waals surface area (Å²) in [4.78, 5) is 22.0. The lowest BCUT2D eigenvalue weighted by Crippen LogP contribution is -2.45. The minimum atomic E-state index is -0.500. The number of cyclic esters (lactones) is 1. The van der Waals surface area contributed by atoms with Gasteiger partial charge in [-0.3, -0.25) is 14.9 Å². The smallest absolute Gasteiger partial charge is 0.415 e. The Morgan fingerprint density at radius 2 is 2.37 bits per heavy atom. The number of carbonyl (C=O) groups excluding carboxylic acids is 1. The molecule has 1 amide bonds. The lowest BCUT2D eigenvalue weighted by Gasteiger charge is -2.26. The summed E-state index contributed by atoms with van der Waals surface area (Å²) in [5.74, 6) is 1.04. The van der Waals surface area contributed by atoms with Gasteiger partial charge in [0.15, 0.2) is 0 Å². The normalized spacial score (nSPS) is 32.9. The SMILES string of the molecule is CC(N)=NC1CC(O)CCN=C(C)N2C(=O)OCC12. The van der Waals surface area contributed by atoms with Gasteiger partial charge in [-0.15, -0.1) is 0 Å². The Balaban J connectivity index is 2.33. The van der Waals surface area contributed by atoms with Gasteiger partial charge in [-0.2, -0.15) is 0 Å². The second-order valence-corrected chi connectivity index (χ2v) is 4.96. The molecule has 0 aromatic rings. The van der Waals surface area contributed by atoms with Crippen molar-refractivity contribution in [2.45, 2.75) is 44.9 Å². The van der Waals surface area contributed by atoms with E-state index in [4.69, 9.17) is 10.5 Å². The van der Waals surface area contributed by atoms with Crippen LogP contribution in [0.15, 0.2) is 9.98 Å². The van der Waals surface area contributed by atoms with Gasteiger partial charge in [0.1, 0.15) is 12.4 Å². The fourth-order valence-electron chi connectivity index (χ4n) is 2.50. The van der Waals surface area contributed by atoms with Crippen molar-refractivity contribution in [3.8, 4) is 0 Å². The van der Waals surface area contributed by atoms with Gasteiger partial charge in [-0.05, 0) is 26.7 Å². The number of hydrogen-bond acceptors (Lipinski definition) is 5. The number of aliphatic hydroxyl groups excluding tert-OH is 1. The number of aliphatic hydroxyl groups is 1. The van der Waals surface area contributed by atoms with E-state index in [0.29, 0.717) is 31.1 Å². The molecule has 106 valence electrons. The molecule has 3 N–H and O–H groups in total. The van der Waals surface area contributed by atoms with Crippen molar-refractivity contribution in [2.24, 2.45) is 15.7 Å². The Kier molecular flexibility index (Phi) is 4.04. The van der Waals surface area contributed by atoms with E-state index < -0.39 is 12.2 Å². The van der Waals surface area contributed by atoms with Gasteiger partial charge in [0.25, 0.3) is 0 Å². The second-order valence-electron chi connectivity index (χ2n) is 4.96. The van der Waals surface area contributed by atoms with Crippen molar-refractivity contribution >= 4 is 17.8 Å². The number of ether oxygens (including phenoxy) is 1. The maximum Gasteiger partial charge on any atom is 0.415 e. The topological polar surface area (TPSA) is 101 Å². The predicted octanol–water partition coefficient (Wildman–Crippen LogP) is 0.126. The molecule has 7 heteroatoms. The van der Waals surface area contributed by atoms with Crippen molar-refractivity contribution in [2.75, 3.05) is 13.2 Å². The average molecular weight is 268 g/mol. The first-order chi connectivity index (χ1) is 8.99. The van der Waals surface area contributed by atoms with E-state index in [2.05, 4.69) is 9.98 Å². The molecular weight excluding hydrogens is 248 g/mol. The number of fused-ring (bicyclic) bond motifs is 1. The van der Waals surface area contributed by atoms with Crippen LogP contribution >= 0.6 is 0 Å². The Morgan fingerprint density at radius 3 is 3.05 bits per heavy atom. The summed E-state index contributed by atoms with van der Waals surface area (Å²) in [7, 11) is 0. The number of carbonyl (C=O) groups is 1. The lowest BCUT2D eigenvalue weighted by molar-refractivity contribution is 0.139. The summed E-state index contributed by atoms with van der Waals surface area (Å²) in [6, 6.07) is -0.516. The van der Waals surface area contributed by atoms with Crippen molar-refractivity contribution in [1.82, 2.24) is 4.90 Å². The van der Waals surface area contributed by atoms with Crippen LogP contribution in [-0.4, -0.2) is 59.1 Å². The van der Waals surface area contributed by atoms with Crippen LogP contribution in [0.2, 0.25) is 0 Å². The van der Waals surface area contributed by atoms with Crippen LogP contribution in [-0.2, 0) is 4.74 Å². The molecule has 0 bridgehead atoms. The minimum Gasteiger partial charge on any atom is -0.447 e. The van der Waals surface area contributed by atoms with E-state index >= 15 is 0 Å².